The minimum Gasteiger partial charge on any atom is -0.315 e. The number of nitrogens with zero attached hydrogens (tertiary/aromatic N) is 4. The molecule has 2 rings (SSSR count). The largest absolute Gasteiger partial charge is 0.315 e. The van der Waals surface area contributed by atoms with Crippen LogP contribution < -0.4 is 5.32 Å². The van der Waals surface area contributed by atoms with E-state index in [1.165, 1.54) is 12.8 Å². The van der Waals surface area contributed by atoms with Crippen LogP contribution in [0.2, 0.25) is 0 Å². The van der Waals surface area contributed by atoms with Gasteiger partial charge >= 0.3 is 0 Å². The Balaban J connectivity index is 0.00000200. The second kappa shape index (κ2) is 7.38. The summed E-state index contributed by atoms with van der Waals surface area (Å²) in [6.07, 6.45) is 4.52. The molecule has 116 valence electrons. The Labute approximate surface area is 128 Å². The van der Waals surface area contributed by atoms with Crippen LogP contribution in [0.5, 0.6) is 0 Å². The molecule has 1 N–H and O–H groups in total. The minimum atomic E-state index is 0. The molecule has 0 radical (unpaired) electrons. The minimum absolute atomic E-state index is 0. The fraction of sp³-hybridized carbons (Fsp3) is 0.857. The van der Waals surface area contributed by atoms with Crippen molar-refractivity contribution in [3.8, 4) is 0 Å². The Morgan fingerprint density at radius 2 is 2.20 bits per heavy atom. The average Bonchev–Trinajstić information content (AvgIpc) is 2.98. The molecule has 2 heterocycles. The second-order valence-electron chi connectivity index (χ2n) is 6.44. The first-order chi connectivity index (χ1) is 9.00. The van der Waals surface area contributed by atoms with Crippen molar-refractivity contribution in [3.05, 3.63) is 11.9 Å². The monoisotopic (exact) mass is 301 g/mol. The predicted molar refractivity (Wildman–Crippen MR) is 84.2 cm³/mol. The van der Waals surface area contributed by atoms with Crippen molar-refractivity contribution >= 4 is 12.4 Å². The van der Waals surface area contributed by atoms with Gasteiger partial charge in [0.15, 0.2) is 0 Å². The first kappa shape index (κ1) is 17.4. The summed E-state index contributed by atoms with van der Waals surface area (Å²) in [6.45, 7) is 13.0. The molecule has 1 aromatic heterocycles. The van der Waals surface area contributed by atoms with Crippen molar-refractivity contribution < 1.29 is 0 Å². The lowest BCUT2D eigenvalue weighted by Crippen LogP contribution is -2.37. The normalized spacial score (nSPS) is 19.4. The SMILES string of the molecule is CCCN(Cc1cn(C(C)(C)C)nn1)C1CCNC1.Cl. The smallest absolute Gasteiger partial charge is 0.0967 e. The van der Waals surface area contributed by atoms with Crippen LogP contribution in [0.4, 0.5) is 0 Å². The molecule has 0 aromatic carbocycles. The van der Waals surface area contributed by atoms with Gasteiger partial charge < -0.3 is 5.32 Å². The average molecular weight is 302 g/mol. The number of hydrogen-bond donors (Lipinski definition) is 1. The van der Waals surface area contributed by atoms with Crippen molar-refractivity contribution in [1.29, 1.82) is 0 Å². The van der Waals surface area contributed by atoms with E-state index in [0.717, 1.165) is 31.9 Å². The highest BCUT2D eigenvalue weighted by atomic mass is 35.5. The van der Waals surface area contributed by atoms with Gasteiger partial charge in [-0.2, -0.15) is 0 Å². The summed E-state index contributed by atoms with van der Waals surface area (Å²) < 4.78 is 1.96. The van der Waals surface area contributed by atoms with Crippen LogP contribution in [0.15, 0.2) is 6.20 Å². The van der Waals surface area contributed by atoms with Gasteiger partial charge in [-0.25, -0.2) is 4.68 Å². The number of aromatic nitrogens is 3. The zero-order valence-corrected chi connectivity index (χ0v) is 13.9. The lowest BCUT2D eigenvalue weighted by atomic mass is 10.1. The maximum Gasteiger partial charge on any atom is 0.0967 e. The van der Waals surface area contributed by atoms with Gasteiger partial charge in [0.05, 0.1) is 17.4 Å². The van der Waals surface area contributed by atoms with Crippen LogP contribution in [0.3, 0.4) is 0 Å². The van der Waals surface area contributed by atoms with E-state index >= 15 is 0 Å². The molecular weight excluding hydrogens is 274 g/mol. The Hall–Kier alpha value is -0.650. The fourth-order valence-electron chi connectivity index (χ4n) is 2.54. The third-order valence-electron chi connectivity index (χ3n) is 3.65. The van der Waals surface area contributed by atoms with Gasteiger partial charge in [0.2, 0.25) is 0 Å². The van der Waals surface area contributed by atoms with E-state index in [1.54, 1.807) is 0 Å². The molecule has 1 fully saturated rings. The maximum absolute atomic E-state index is 4.33. The Bertz CT molecular complexity index is 393. The van der Waals surface area contributed by atoms with Crippen LogP contribution >= 0.6 is 12.4 Å². The number of nitrogens with one attached hydrogen (secondary N) is 1. The van der Waals surface area contributed by atoms with Crippen LogP contribution in [0, 0.1) is 0 Å². The molecule has 0 spiro atoms. The summed E-state index contributed by atoms with van der Waals surface area (Å²) in [5.41, 5.74) is 1.09. The molecular formula is C14H28ClN5. The standard InChI is InChI=1S/C14H27N5.ClH/c1-5-8-18(13-6-7-15-9-13)10-12-11-19(17-16-12)14(2,3)4;/h11,13,15H,5-10H2,1-4H3;1H. The van der Waals surface area contributed by atoms with Crippen molar-refractivity contribution in [2.45, 2.75) is 58.7 Å². The van der Waals surface area contributed by atoms with Gasteiger partial charge in [0.1, 0.15) is 0 Å². The molecule has 1 unspecified atom stereocenters. The summed E-state index contributed by atoms with van der Waals surface area (Å²) in [5, 5.41) is 12.0. The van der Waals surface area contributed by atoms with Crippen LogP contribution in [-0.4, -0.2) is 45.6 Å². The molecule has 0 amide bonds. The summed E-state index contributed by atoms with van der Waals surface area (Å²) in [7, 11) is 0. The van der Waals surface area contributed by atoms with Crippen molar-refractivity contribution in [2.75, 3.05) is 19.6 Å². The fourth-order valence-corrected chi connectivity index (χ4v) is 2.54. The van der Waals surface area contributed by atoms with Crippen LogP contribution in [-0.2, 0) is 12.1 Å². The molecule has 20 heavy (non-hydrogen) atoms. The van der Waals surface area contributed by atoms with Crippen molar-refractivity contribution in [3.63, 3.8) is 0 Å². The molecule has 1 atom stereocenters. The van der Waals surface area contributed by atoms with Gasteiger partial charge in [-0.15, -0.1) is 17.5 Å². The van der Waals surface area contributed by atoms with Gasteiger partial charge in [0, 0.05) is 19.1 Å². The van der Waals surface area contributed by atoms with Gasteiger partial charge in [-0.3, -0.25) is 4.90 Å². The van der Waals surface area contributed by atoms with E-state index in [9.17, 15) is 0 Å². The van der Waals surface area contributed by atoms with Gasteiger partial charge in [-0.05, 0) is 46.7 Å². The zero-order valence-electron chi connectivity index (χ0n) is 13.1. The molecule has 6 heteroatoms. The first-order valence-electron chi connectivity index (χ1n) is 7.37. The van der Waals surface area contributed by atoms with Crippen molar-refractivity contribution in [2.24, 2.45) is 0 Å². The molecule has 1 aliphatic rings. The summed E-state index contributed by atoms with van der Waals surface area (Å²) in [4.78, 5) is 2.54. The molecule has 0 saturated carbocycles. The Morgan fingerprint density at radius 1 is 1.45 bits per heavy atom. The zero-order chi connectivity index (χ0) is 13.9. The van der Waals surface area contributed by atoms with Gasteiger partial charge in [-0.1, -0.05) is 12.1 Å². The number of rotatable bonds is 5. The molecule has 0 aliphatic carbocycles. The summed E-state index contributed by atoms with van der Waals surface area (Å²) in [6, 6.07) is 0.653. The number of hydrogen-bond acceptors (Lipinski definition) is 4. The Morgan fingerprint density at radius 3 is 2.70 bits per heavy atom. The number of halogens is 1. The Kier molecular flexibility index (Phi) is 6.43. The van der Waals surface area contributed by atoms with Crippen LogP contribution in [0.1, 0.15) is 46.2 Å². The lowest BCUT2D eigenvalue weighted by molar-refractivity contribution is 0.197. The second-order valence-corrected chi connectivity index (χ2v) is 6.44. The molecule has 1 saturated heterocycles. The third kappa shape index (κ3) is 4.43. The summed E-state index contributed by atoms with van der Waals surface area (Å²) in [5.74, 6) is 0. The molecule has 5 nitrogen and oxygen atoms in total. The van der Waals surface area contributed by atoms with E-state index in [1.807, 2.05) is 4.68 Å². The third-order valence-corrected chi connectivity index (χ3v) is 3.65. The van der Waals surface area contributed by atoms with E-state index in [2.05, 4.69) is 54.4 Å². The maximum atomic E-state index is 4.33. The highest BCUT2D eigenvalue weighted by Crippen LogP contribution is 2.15. The molecule has 1 aliphatic heterocycles. The topological polar surface area (TPSA) is 46.0 Å². The first-order valence-corrected chi connectivity index (χ1v) is 7.37. The van der Waals surface area contributed by atoms with Crippen molar-refractivity contribution in [1.82, 2.24) is 25.2 Å². The highest BCUT2D eigenvalue weighted by molar-refractivity contribution is 5.85. The lowest BCUT2D eigenvalue weighted by Gasteiger charge is -2.26. The molecule has 0 bridgehead atoms. The molecule has 1 aromatic rings. The highest BCUT2D eigenvalue weighted by Gasteiger charge is 2.23. The van der Waals surface area contributed by atoms with E-state index in [4.69, 9.17) is 0 Å². The predicted octanol–water partition coefficient (Wildman–Crippen LogP) is 2.03. The quantitative estimate of drug-likeness (QED) is 0.904. The van der Waals surface area contributed by atoms with E-state index in [0.29, 0.717) is 6.04 Å². The van der Waals surface area contributed by atoms with E-state index in [-0.39, 0.29) is 17.9 Å². The summed E-state index contributed by atoms with van der Waals surface area (Å²) >= 11 is 0. The van der Waals surface area contributed by atoms with Crippen LogP contribution in [0.25, 0.3) is 0 Å². The van der Waals surface area contributed by atoms with E-state index < -0.39 is 0 Å². The van der Waals surface area contributed by atoms with Gasteiger partial charge in [0.25, 0.3) is 0 Å².